The number of aliphatic hydroxyl groups excluding tert-OH is 1. The molecule has 1 heterocycles. The summed E-state index contributed by atoms with van der Waals surface area (Å²) in [6, 6.07) is 9.76. The number of aromatic nitrogens is 1. The smallest absolute Gasteiger partial charge is 0.270 e. The normalized spacial score (nSPS) is 11.8. The van der Waals surface area contributed by atoms with E-state index in [-0.39, 0.29) is 17.9 Å². The lowest BCUT2D eigenvalue weighted by Gasteiger charge is -2.29. The Labute approximate surface area is 125 Å². The lowest BCUT2D eigenvalue weighted by Crippen LogP contribution is -2.38. The second kappa shape index (κ2) is 6.31. The summed E-state index contributed by atoms with van der Waals surface area (Å²) in [5.74, 6) is -0.00502. The predicted octanol–water partition coefficient (Wildman–Crippen LogP) is 3.04. The Bertz CT molecular complexity index is 578. The minimum Gasteiger partial charge on any atom is -0.396 e. The van der Waals surface area contributed by atoms with Crippen molar-refractivity contribution in [3.05, 3.63) is 36.0 Å². The van der Waals surface area contributed by atoms with E-state index >= 15 is 0 Å². The minimum atomic E-state index is -0.00502. The van der Waals surface area contributed by atoms with Gasteiger partial charge in [0.15, 0.2) is 0 Å². The molecule has 0 saturated heterocycles. The fourth-order valence-electron chi connectivity index (χ4n) is 2.45. The third-order valence-corrected chi connectivity index (χ3v) is 3.30. The summed E-state index contributed by atoms with van der Waals surface area (Å²) in [7, 11) is 0. The average Bonchev–Trinajstić information content (AvgIpc) is 2.85. The lowest BCUT2D eigenvalue weighted by atomic mass is 9.96. The van der Waals surface area contributed by atoms with Crippen LogP contribution < -0.4 is 0 Å². The van der Waals surface area contributed by atoms with Gasteiger partial charge in [-0.25, -0.2) is 0 Å². The molecule has 0 saturated carbocycles. The van der Waals surface area contributed by atoms with E-state index in [9.17, 15) is 4.79 Å². The first kappa shape index (κ1) is 15.6. The molecular weight excluding hydrogens is 264 g/mol. The van der Waals surface area contributed by atoms with Gasteiger partial charge in [-0.2, -0.15) is 0 Å². The molecule has 0 bridgehead atoms. The van der Waals surface area contributed by atoms with E-state index < -0.39 is 0 Å². The molecule has 4 nitrogen and oxygen atoms in total. The van der Waals surface area contributed by atoms with Gasteiger partial charge in [0.2, 0.25) is 0 Å². The summed E-state index contributed by atoms with van der Waals surface area (Å²) < 4.78 is 0. The standard InChI is InChI=1S/C17H24N2O2/c1-17(2,3)12-19(9-6-10-20)16(21)15-11-13-7-4-5-8-14(13)18-15/h4-5,7-8,11,18,20H,6,9-10,12H2,1-3H3. The summed E-state index contributed by atoms with van der Waals surface area (Å²) in [6.07, 6.45) is 0.599. The number of carbonyl (C=O) groups excluding carboxylic acids is 1. The van der Waals surface area contributed by atoms with E-state index in [1.54, 1.807) is 0 Å². The van der Waals surface area contributed by atoms with Crippen LogP contribution in [0, 0.1) is 5.41 Å². The summed E-state index contributed by atoms with van der Waals surface area (Å²) in [5.41, 5.74) is 1.61. The zero-order valence-electron chi connectivity index (χ0n) is 13.0. The molecule has 1 aromatic heterocycles. The molecule has 0 aliphatic heterocycles. The second-order valence-electron chi connectivity index (χ2n) is 6.63. The number of carbonyl (C=O) groups is 1. The number of para-hydroxylation sites is 1. The summed E-state index contributed by atoms with van der Waals surface area (Å²) in [4.78, 5) is 17.7. The monoisotopic (exact) mass is 288 g/mol. The van der Waals surface area contributed by atoms with E-state index in [2.05, 4.69) is 25.8 Å². The van der Waals surface area contributed by atoms with E-state index in [4.69, 9.17) is 5.11 Å². The summed E-state index contributed by atoms with van der Waals surface area (Å²) in [6.45, 7) is 7.66. The molecule has 0 unspecified atom stereocenters. The van der Waals surface area contributed by atoms with Crippen molar-refractivity contribution in [2.24, 2.45) is 5.41 Å². The van der Waals surface area contributed by atoms with Crippen LogP contribution in [0.3, 0.4) is 0 Å². The van der Waals surface area contributed by atoms with Gasteiger partial charge < -0.3 is 15.0 Å². The van der Waals surface area contributed by atoms with E-state index in [1.807, 2.05) is 35.2 Å². The van der Waals surface area contributed by atoms with Crippen LogP contribution in [0.5, 0.6) is 0 Å². The highest BCUT2D eigenvalue weighted by Gasteiger charge is 2.22. The molecule has 114 valence electrons. The zero-order valence-corrected chi connectivity index (χ0v) is 13.0. The molecule has 2 rings (SSSR count). The van der Waals surface area contributed by atoms with Crippen molar-refractivity contribution in [2.45, 2.75) is 27.2 Å². The second-order valence-corrected chi connectivity index (χ2v) is 6.63. The fourth-order valence-corrected chi connectivity index (χ4v) is 2.45. The maximum Gasteiger partial charge on any atom is 0.270 e. The molecule has 0 atom stereocenters. The molecule has 0 spiro atoms. The Morgan fingerprint density at radius 3 is 2.62 bits per heavy atom. The van der Waals surface area contributed by atoms with Crippen LogP contribution in [-0.2, 0) is 0 Å². The summed E-state index contributed by atoms with van der Waals surface area (Å²) in [5, 5.41) is 10.1. The lowest BCUT2D eigenvalue weighted by molar-refractivity contribution is 0.0677. The third kappa shape index (κ3) is 4.08. The van der Waals surface area contributed by atoms with Gasteiger partial charge in [-0.05, 0) is 24.0 Å². The van der Waals surface area contributed by atoms with E-state index in [0.29, 0.717) is 25.2 Å². The highest BCUT2D eigenvalue weighted by molar-refractivity contribution is 5.98. The van der Waals surface area contributed by atoms with Crippen molar-refractivity contribution in [2.75, 3.05) is 19.7 Å². The van der Waals surface area contributed by atoms with E-state index in [1.165, 1.54) is 0 Å². The van der Waals surface area contributed by atoms with Crippen LogP contribution in [0.4, 0.5) is 0 Å². The Hall–Kier alpha value is -1.81. The third-order valence-electron chi connectivity index (χ3n) is 3.30. The number of benzene rings is 1. The number of hydrogen-bond donors (Lipinski definition) is 2. The first-order valence-electron chi connectivity index (χ1n) is 7.38. The number of nitrogens with zero attached hydrogens (tertiary/aromatic N) is 1. The van der Waals surface area contributed by atoms with Crippen molar-refractivity contribution < 1.29 is 9.90 Å². The van der Waals surface area contributed by atoms with Crippen molar-refractivity contribution in [3.63, 3.8) is 0 Å². The number of rotatable bonds is 5. The number of amides is 1. The minimum absolute atomic E-state index is 0.00502. The van der Waals surface area contributed by atoms with Gasteiger partial charge in [-0.15, -0.1) is 0 Å². The predicted molar refractivity (Wildman–Crippen MR) is 85.4 cm³/mol. The Kier molecular flexibility index (Phi) is 4.68. The first-order chi connectivity index (χ1) is 9.90. The van der Waals surface area contributed by atoms with E-state index in [0.717, 1.165) is 10.9 Å². The van der Waals surface area contributed by atoms with Crippen molar-refractivity contribution in [1.29, 1.82) is 0 Å². The highest BCUT2D eigenvalue weighted by atomic mass is 16.3. The van der Waals surface area contributed by atoms with Crippen LogP contribution in [0.25, 0.3) is 10.9 Å². The molecule has 2 N–H and O–H groups in total. The maximum absolute atomic E-state index is 12.7. The highest BCUT2D eigenvalue weighted by Crippen LogP contribution is 2.20. The topological polar surface area (TPSA) is 56.3 Å². The number of nitrogens with one attached hydrogen (secondary N) is 1. The maximum atomic E-state index is 12.7. The fraction of sp³-hybridized carbons (Fsp3) is 0.471. The Balaban J connectivity index is 2.23. The van der Waals surface area contributed by atoms with Crippen LogP contribution in [0.15, 0.2) is 30.3 Å². The van der Waals surface area contributed by atoms with Crippen LogP contribution >= 0.6 is 0 Å². The number of aromatic amines is 1. The van der Waals surface area contributed by atoms with Gasteiger partial charge in [0.1, 0.15) is 5.69 Å². The average molecular weight is 288 g/mol. The van der Waals surface area contributed by atoms with Gasteiger partial charge in [0.25, 0.3) is 5.91 Å². The molecule has 0 radical (unpaired) electrons. The molecule has 2 aromatic rings. The SMILES string of the molecule is CC(C)(C)CN(CCCO)C(=O)c1cc2ccccc2[nH]1. The van der Waals surface area contributed by atoms with Crippen molar-refractivity contribution in [1.82, 2.24) is 9.88 Å². The number of aliphatic hydroxyl groups is 1. The van der Waals surface area contributed by atoms with Gasteiger partial charge in [0, 0.05) is 30.6 Å². The summed E-state index contributed by atoms with van der Waals surface area (Å²) >= 11 is 0. The molecule has 1 aromatic carbocycles. The molecule has 1 amide bonds. The number of H-pyrrole nitrogens is 1. The Morgan fingerprint density at radius 2 is 2.00 bits per heavy atom. The van der Waals surface area contributed by atoms with Gasteiger partial charge in [-0.1, -0.05) is 39.0 Å². The number of hydrogen-bond acceptors (Lipinski definition) is 2. The zero-order chi connectivity index (χ0) is 15.5. The molecule has 0 fully saturated rings. The number of fused-ring (bicyclic) bond motifs is 1. The quantitative estimate of drug-likeness (QED) is 0.888. The first-order valence-corrected chi connectivity index (χ1v) is 7.38. The Morgan fingerprint density at radius 1 is 1.29 bits per heavy atom. The molecular formula is C17H24N2O2. The molecule has 4 heteroatoms. The van der Waals surface area contributed by atoms with Gasteiger partial charge in [-0.3, -0.25) is 4.79 Å². The van der Waals surface area contributed by atoms with Crippen molar-refractivity contribution in [3.8, 4) is 0 Å². The van der Waals surface area contributed by atoms with Gasteiger partial charge >= 0.3 is 0 Å². The molecule has 21 heavy (non-hydrogen) atoms. The molecule has 0 aliphatic rings. The van der Waals surface area contributed by atoms with Crippen LogP contribution in [-0.4, -0.2) is 40.6 Å². The largest absolute Gasteiger partial charge is 0.396 e. The van der Waals surface area contributed by atoms with Crippen molar-refractivity contribution >= 4 is 16.8 Å². The van der Waals surface area contributed by atoms with Crippen LogP contribution in [0.1, 0.15) is 37.7 Å². The van der Waals surface area contributed by atoms with Crippen LogP contribution in [0.2, 0.25) is 0 Å². The van der Waals surface area contributed by atoms with Gasteiger partial charge in [0.05, 0.1) is 0 Å². The molecule has 0 aliphatic carbocycles.